The van der Waals surface area contributed by atoms with Crippen LogP contribution in [0.4, 0.5) is 4.39 Å². The van der Waals surface area contributed by atoms with E-state index in [-0.39, 0.29) is 16.9 Å². The zero-order valence-electron chi connectivity index (χ0n) is 10.8. The van der Waals surface area contributed by atoms with Gasteiger partial charge in [0.1, 0.15) is 5.82 Å². The molecule has 0 bridgehead atoms. The maximum atomic E-state index is 13.2. The Labute approximate surface area is 108 Å². The lowest BCUT2D eigenvalue weighted by molar-refractivity contribution is 0.346. The molecule has 0 radical (unpaired) electrons. The zero-order chi connectivity index (χ0) is 12.8. The minimum absolute atomic E-state index is 0.205. The number of hydrogen-bond donors (Lipinski definition) is 1. The molecule has 0 saturated carbocycles. The minimum Gasteiger partial charge on any atom is -0.310 e. The van der Waals surface area contributed by atoms with E-state index in [1.807, 2.05) is 6.07 Å². The first-order valence-corrected chi connectivity index (χ1v) is 6.70. The second-order valence-corrected chi connectivity index (χ2v) is 4.69. The average Bonchev–Trinajstić information content (AvgIpc) is 2.33. The first-order chi connectivity index (χ1) is 8.13. The molecule has 0 amide bonds. The lowest BCUT2D eigenvalue weighted by Gasteiger charge is -2.26. The van der Waals surface area contributed by atoms with Crippen LogP contribution in [0.25, 0.3) is 0 Å². The summed E-state index contributed by atoms with van der Waals surface area (Å²) in [7, 11) is 0. The largest absolute Gasteiger partial charge is 0.310 e. The quantitative estimate of drug-likeness (QED) is 0.787. The van der Waals surface area contributed by atoms with E-state index in [1.165, 1.54) is 6.07 Å². The monoisotopic (exact) mass is 257 g/mol. The van der Waals surface area contributed by atoms with Crippen LogP contribution in [0.15, 0.2) is 18.2 Å². The van der Waals surface area contributed by atoms with Gasteiger partial charge in [-0.05, 0) is 30.2 Å². The Morgan fingerprint density at radius 3 is 2.35 bits per heavy atom. The van der Waals surface area contributed by atoms with Gasteiger partial charge in [-0.2, -0.15) is 0 Å². The van der Waals surface area contributed by atoms with Gasteiger partial charge in [-0.15, -0.1) is 0 Å². The highest BCUT2D eigenvalue weighted by Crippen LogP contribution is 2.29. The molecule has 96 valence electrons. The van der Waals surface area contributed by atoms with Crippen LogP contribution >= 0.6 is 11.6 Å². The predicted molar refractivity (Wildman–Crippen MR) is 71.9 cm³/mol. The number of nitrogens with one attached hydrogen (secondary N) is 1. The van der Waals surface area contributed by atoms with Crippen LogP contribution in [0, 0.1) is 11.7 Å². The first kappa shape index (κ1) is 14.5. The smallest absolute Gasteiger partial charge is 0.141 e. The van der Waals surface area contributed by atoms with Crippen molar-refractivity contribution in [2.45, 2.75) is 39.7 Å². The number of halogens is 2. The summed E-state index contributed by atoms with van der Waals surface area (Å²) in [5, 5.41) is 3.67. The normalized spacial score (nSPS) is 13.1. The molecule has 1 nitrogen and oxygen atoms in total. The topological polar surface area (TPSA) is 12.0 Å². The molecule has 1 N–H and O–H groups in total. The second kappa shape index (κ2) is 6.97. The van der Waals surface area contributed by atoms with Crippen molar-refractivity contribution in [1.29, 1.82) is 0 Å². The summed E-state index contributed by atoms with van der Waals surface area (Å²) in [6.45, 7) is 7.35. The molecular formula is C14H21ClFN. The molecule has 0 aliphatic carbocycles. The molecule has 0 aliphatic rings. The van der Waals surface area contributed by atoms with Gasteiger partial charge in [-0.25, -0.2) is 4.39 Å². The van der Waals surface area contributed by atoms with Gasteiger partial charge in [0.2, 0.25) is 0 Å². The summed E-state index contributed by atoms with van der Waals surface area (Å²) in [4.78, 5) is 0. The number of rotatable bonds is 6. The van der Waals surface area contributed by atoms with Gasteiger partial charge in [0, 0.05) is 6.04 Å². The third kappa shape index (κ3) is 3.68. The van der Waals surface area contributed by atoms with E-state index in [2.05, 4.69) is 26.1 Å². The molecule has 1 rings (SSSR count). The molecule has 0 heterocycles. The Hall–Kier alpha value is -0.600. The molecule has 1 atom stereocenters. The molecule has 1 unspecified atom stereocenters. The molecule has 1 aromatic rings. The van der Waals surface area contributed by atoms with Crippen LogP contribution in [0.3, 0.4) is 0 Å². The summed E-state index contributed by atoms with van der Waals surface area (Å²) in [6.07, 6.45) is 2.20. The maximum absolute atomic E-state index is 13.2. The fraction of sp³-hybridized carbons (Fsp3) is 0.571. The fourth-order valence-corrected chi connectivity index (χ4v) is 2.43. The van der Waals surface area contributed by atoms with Crippen LogP contribution in [-0.2, 0) is 0 Å². The lowest BCUT2D eigenvalue weighted by atomic mass is 9.89. The van der Waals surface area contributed by atoms with Gasteiger partial charge in [0.15, 0.2) is 0 Å². The van der Waals surface area contributed by atoms with E-state index in [0.29, 0.717) is 5.92 Å². The van der Waals surface area contributed by atoms with Crippen LogP contribution in [0.5, 0.6) is 0 Å². The molecule has 0 aromatic heterocycles. The van der Waals surface area contributed by atoms with Crippen molar-refractivity contribution in [2.24, 2.45) is 5.92 Å². The highest BCUT2D eigenvalue weighted by molar-refractivity contribution is 6.30. The van der Waals surface area contributed by atoms with E-state index >= 15 is 0 Å². The molecule has 0 saturated heterocycles. The molecular weight excluding hydrogens is 237 g/mol. The van der Waals surface area contributed by atoms with E-state index < -0.39 is 0 Å². The summed E-state index contributed by atoms with van der Waals surface area (Å²) < 4.78 is 13.2. The first-order valence-electron chi connectivity index (χ1n) is 6.32. The van der Waals surface area contributed by atoms with Gasteiger partial charge >= 0.3 is 0 Å². The number of benzene rings is 1. The van der Waals surface area contributed by atoms with Crippen molar-refractivity contribution in [3.63, 3.8) is 0 Å². The van der Waals surface area contributed by atoms with Gasteiger partial charge in [-0.3, -0.25) is 0 Å². The van der Waals surface area contributed by atoms with Gasteiger partial charge in [0.05, 0.1) is 5.02 Å². The lowest BCUT2D eigenvalue weighted by Crippen LogP contribution is -2.27. The summed E-state index contributed by atoms with van der Waals surface area (Å²) in [5.74, 6) is 0.201. The summed E-state index contributed by atoms with van der Waals surface area (Å²) in [6, 6.07) is 5.27. The van der Waals surface area contributed by atoms with Crippen molar-refractivity contribution in [3.8, 4) is 0 Å². The van der Waals surface area contributed by atoms with Crippen LogP contribution in [0.1, 0.15) is 45.2 Å². The molecule has 0 aliphatic heterocycles. The van der Waals surface area contributed by atoms with Gasteiger partial charge in [0.25, 0.3) is 0 Å². The Morgan fingerprint density at radius 1 is 1.24 bits per heavy atom. The Balaban J connectivity index is 2.99. The molecule has 0 fully saturated rings. The molecule has 17 heavy (non-hydrogen) atoms. The Morgan fingerprint density at radius 2 is 1.88 bits per heavy atom. The Kier molecular flexibility index (Phi) is 5.93. The predicted octanol–water partition coefficient (Wildman–Crippen LogP) is 4.57. The SMILES string of the molecule is CCNC(c1ccc(F)c(Cl)c1)C(CC)CC. The highest BCUT2D eigenvalue weighted by atomic mass is 35.5. The standard InChI is InChI=1S/C14H21ClFN/c1-4-10(5-2)14(17-6-3)11-7-8-13(16)12(15)9-11/h7-10,14,17H,4-6H2,1-3H3. The fourth-order valence-electron chi connectivity index (χ4n) is 2.24. The van der Waals surface area contributed by atoms with Crippen molar-refractivity contribution < 1.29 is 4.39 Å². The Bertz CT molecular complexity index is 350. The summed E-state index contributed by atoms with van der Waals surface area (Å²) in [5.41, 5.74) is 1.08. The molecule has 1 aromatic carbocycles. The van der Waals surface area contributed by atoms with E-state index in [0.717, 1.165) is 24.9 Å². The van der Waals surface area contributed by atoms with Gasteiger partial charge < -0.3 is 5.32 Å². The summed E-state index contributed by atoms with van der Waals surface area (Å²) >= 11 is 5.85. The third-order valence-electron chi connectivity index (χ3n) is 3.25. The van der Waals surface area contributed by atoms with Crippen LogP contribution < -0.4 is 5.32 Å². The van der Waals surface area contributed by atoms with E-state index in [1.54, 1.807) is 6.07 Å². The van der Waals surface area contributed by atoms with Crippen molar-refractivity contribution in [3.05, 3.63) is 34.6 Å². The zero-order valence-corrected chi connectivity index (χ0v) is 11.5. The van der Waals surface area contributed by atoms with Crippen LogP contribution in [-0.4, -0.2) is 6.54 Å². The van der Waals surface area contributed by atoms with E-state index in [9.17, 15) is 4.39 Å². The van der Waals surface area contributed by atoms with Crippen LogP contribution in [0.2, 0.25) is 5.02 Å². The highest BCUT2D eigenvalue weighted by Gasteiger charge is 2.20. The maximum Gasteiger partial charge on any atom is 0.141 e. The van der Waals surface area contributed by atoms with E-state index in [4.69, 9.17) is 11.6 Å². The molecule has 0 spiro atoms. The number of hydrogen-bond acceptors (Lipinski definition) is 1. The van der Waals surface area contributed by atoms with Gasteiger partial charge in [-0.1, -0.05) is 51.3 Å². The molecule has 3 heteroatoms. The average molecular weight is 258 g/mol. The second-order valence-electron chi connectivity index (χ2n) is 4.29. The van der Waals surface area contributed by atoms with Crippen molar-refractivity contribution in [1.82, 2.24) is 5.32 Å². The van der Waals surface area contributed by atoms with Crippen molar-refractivity contribution in [2.75, 3.05) is 6.54 Å². The van der Waals surface area contributed by atoms with Crippen molar-refractivity contribution >= 4 is 11.6 Å². The third-order valence-corrected chi connectivity index (χ3v) is 3.54. The minimum atomic E-state index is -0.352.